The summed E-state index contributed by atoms with van der Waals surface area (Å²) < 4.78 is 5.10. The number of nitrogens with one attached hydrogen (secondary N) is 1. The summed E-state index contributed by atoms with van der Waals surface area (Å²) in [4.78, 5) is 37.2. The van der Waals surface area contributed by atoms with Crippen molar-refractivity contribution in [1.82, 2.24) is 4.98 Å². The van der Waals surface area contributed by atoms with Crippen molar-refractivity contribution in [2.24, 2.45) is 0 Å². The Bertz CT molecular complexity index is 575. The number of carbonyl (C=O) groups excluding carboxylic acids is 2. The summed E-state index contributed by atoms with van der Waals surface area (Å²) in [5.74, 6) is -2.09. The lowest BCUT2D eigenvalue weighted by atomic mass is 10.1. The second kappa shape index (κ2) is 6.34. The van der Waals surface area contributed by atoms with Crippen LogP contribution in [0.15, 0.2) is 12.3 Å². The molecule has 0 aliphatic carbocycles. The van der Waals surface area contributed by atoms with E-state index in [9.17, 15) is 14.4 Å². The summed E-state index contributed by atoms with van der Waals surface area (Å²) in [5, 5.41) is 11.0. The van der Waals surface area contributed by atoms with Crippen LogP contribution < -0.4 is 5.32 Å². The van der Waals surface area contributed by atoms with Gasteiger partial charge in [0, 0.05) is 12.6 Å². The summed E-state index contributed by atoms with van der Waals surface area (Å²) in [6.45, 7) is 6.92. The molecule has 0 aliphatic heterocycles. The van der Waals surface area contributed by atoms with Gasteiger partial charge in [0.1, 0.15) is 11.4 Å². The summed E-state index contributed by atoms with van der Waals surface area (Å²) in [6.07, 6.45) is 0.476. The van der Waals surface area contributed by atoms with E-state index in [0.29, 0.717) is 16.9 Å². The molecule has 1 heterocycles. The summed E-state index contributed by atoms with van der Waals surface area (Å²) in [6, 6.07) is 1.60. The van der Waals surface area contributed by atoms with E-state index in [1.165, 1.54) is 6.20 Å². The van der Waals surface area contributed by atoms with Gasteiger partial charge in [-0.2, -0.15) is 0 Å². The molecule has 114 valence electrons. The molecule has 0 fully saturated rings. The topological polar surface area (TPSA) is 106 Å². The van der Waals surface area contributed by atoms with E-state index in [4.69, 9.17) is 9.84 Å². The van der Waals surface area contributed by atoms with Gasteiger partial charge in [0.25, 0.3) is 0 Å². The van der Waals surface area contributed by atoms with Gasteiger partial charge in [0.15, 0.2) is 0 Å². The highest BCUT2D eigenvalue weighted by atomic mass is 16.6. The van der Waals surface area contributed by atoms with Crippen LogP contribution in [0.2, 0.25) is 0 Å². The van der Waals surface area contributed by atoms with Crippen molar-refractivity contribution in [3.05, 3.63) is 23.4 Å². The lowest BCUT2D eigenvalue weighted by Crippen LogP contribution is -2.27. The molecule has 0 saturated heterocycles. The lowest BCUT2D eigenvalue weighted by molar-refractivity contribution is -0.148. The second-order valence-electron chi connectivity index (χ2n) is 5.54. The molecule has 0 radical (unpaired) electrons. The Kier molecular flexibility index (Phi) is 5.02. The molecule has 0 bridgehead atoms. The number of aromatic nitrogens is 1. The number of carboxylic acid groups (broad SMARTS) is 1. The minimum atomic E-state index is -1.48. The molecule has 1 aromatic heterocycles. The summed E-state index contributed by atoms with van der Waals surface area (Å²) in [7, 11) is 0. The number of pyridine rings is 1. The van der Waals surface area contributed by atoms with E-state index < -0.39 is 23.4 Å². The van der Waals surface area contributed by atoms with E-state index >= 15 is 0 Å². The molecule has 0 aliphatic rings. The average molecular weight is 294 g/mol. The van der Waals surface area contributed by atoms with E-state index in [0.717, 1.165) is 0 Å². The van der Waals surface area contributed by atoms with Crippen molar-refractivity contribution >= 4 is 23.7 Å². The van der Waals surface area contributed by atoms with Gasteiger partial charge in [-0.3, -0.25) is 10.1 Å². The fraction of sp³-hybridized carbons (Fsp3) is 0.429. The van der Waals surface area contributed by atoms with E-state index in [-0.39, 0.29) is 6.42 Å². The van der Waals surface area contributed by atoms with Crippen LogP contribution in [-0.2, 0) is 20.7 Å². The smallest absolute Gasteiger partial charge is 0.413 e. The number of anilines is 1. The molecular weight excluding hydrogens is 276 g/mol. The van der Waals surface area contributed by atoms with Gasteiger partial charge < -0.3 is 9.84 Å². The number of ketones is 1. The Morgan fingerprint density at radius 3 is 2.43 bits per heavy atom. The molecule has 0 unspecified atom stereocenters. The van der Waals surface area contributed by atoms with Gasteiger partial charge in [-0.25, -0.2) is 14.6 Å². The van der Waals surface area contributed by atoms with Gasteiger partial charge in [-0.1, -0.05) is 6.07 Å². The molecule has 1 rings (SSSR count). The number of rotatable bonds is 4. The van der Waals surface area contributed by atoms with Crippen molar-refractivity contribution in [1.29, 1.82) is 0 Å². The van der Waals surface area contributed by atoms with Crippen molar-refractivity contribution < 1.29 is 24.2 Å². The lowest BCUT2D eigenvalue weighted by Gasteiger charge is -2.19. The molecule has 0 spiro atoms. The van der Waals surface area contributed by atoms with Gasteiger partial charge in [-0.05, 0) is 38.8 Å². The van der Waals surface area contributed by atoms with Crippen LogP contribution in [0.1, 0.15) is 31.9 Å². The highest BCUT2D eigenvalue weighted by Gasteiger charge is 2.18. The van der Waals surface area contributed by atoms with E-state index in [1.807, 2.05) is 0 Å². The summed E-state index contributed by atoms with van der Waals surface area (Å²) in [5.41, 5.74) is 0.456. The average Bonchev–Trinajstić information content (AvgIpc) is 2.30. The molecule has 1 aromatic rings. The van der Waals surface area contributed by atoms with Crippen LogP contribution in [0.3, 0.4) is 0 Å². The number of ether oxygens (including phenoxy) is 1. The minimum absolute atomic E-state index is 0.240. The maximum absolute atomic E-state index is 11.6. The van der Waals surface area contributed by atoms with Crippen LogP contribution >= 0.6 is 0 Å². The predicted molar refractivity (Wildman–Crippen MR) is 75.2 cm³/mol. The Balaban J connectivity index is 2.77. The van der Waals surface area contributed by atoms with Crippen LogP contribution in [-0.4, -0.2) is 33.5 Å². The van der Waals surface area contributed by atoms with Crippen molar-refractivity contribution in [3.8, 4) is 0 Å². The predicted octanol–water partition coefficient (Wildman–Crippen LogP) is 1.93. The van der Waals surface area contributed by atoms with E-state index in [1.54, 1.807) is 33.8 Å². The Morgan fingerprint density at radius 2 is 1.95 bits per heavy atom. The van der Waals surface area contributed by atoms with Gasteiger partial charge in [0.2, 0.25) is 5.78 Å². The third kappa shape index (κ3) is 5.60. The second-order valence-corrected chi connectivity index (χ2v) is 5.54. The molecule has 1 amide bonds. The van der Waals surface area contributed by atoms with E-state index in [2.05, 4.69) is 10.3 Å². The van der Waals surface area contributed by atoms with Gasteiger partial charge >= 0.3 is 12.1 Å². The number of carbonyl (C=O) groups is 3. The number of aliphatic carboxylic acids is 1. The normalized spacial score (nSPS) is 10.9. The SMILES string of the molecule is Cc1cc(CC(=O)C(=O)O)cnc1NC(=O)OC(C)(C)C. The highest BCUT2D eigenvalue weighted by Crippen LogP contribution is 2.15. The van der Waals surface area contributed by atoms with Crippen LogP contribution in [0.4, 0.5) is 10.6 Å². The summed E-state index contributed by atoms with van der Waals surface area (Å²) >= 11 is 0. The largest absolute Gasteiger partial charge is 0.475 e. The van der Waals surface area contributed by atoms with Gasteiger partial charge in [0.05, 0.1) is 0 Å². The fourth-order valence-corrected chi connectivity index (χ4v) is 1.52. The minimum Gasteiger partial charge on any atom is -0.475 e. The number of carboxylic acids is 1. The maximum atomic E-state index is 11.6. The Hall–Kier alpha value is -2.44. The zero-order chi connectivity index (χ0) is 16.2. The quantitative estimate of drug-likeness (QED) is 0.822. The molecule has 7 heteroatoms. The number of Topliss-reactive ketones (excluding diaryl/α,β-unsaturated/α-hetero) is 1. The Morgan fingerprint density at radius 1 is 1.33 bits per heavy atom. The van der Waals surface area contributed by atoms with Crippen LogP contribution in [0.25, 0.3) is 0 Å². The third-order valence-corrected chi connectivity index (χ3v) is 2.36. The molecule has 21 heavy (non-hydrogen) atoms. The van der Waals surface area contributed by atoms with Crippen molar-refractivity contribution in [3.63, 3.8) is 0 Å². The zero-order valence-electron chi connectivity index (χ0n) is 12.4. The first-order valence-corrected chi connectivity index (χ1v) is 6.30. The first kappa shape index (κ1) is 16.6. The molecule has 2 N–H and O–H groups in total. The van der Waals surface area contributed by atoms with Crippen molar-refractivity contribution in [2.75, 3.05) is 5.32 Å². The van der Waals surface area contributed by atoms with Crippen LogP contribution in [0.5, 0.6) is 0 Å². The molecule has 7 nitrogen and oxygen atoms in total. The van der Waals surface area contributed by atoms with Crippen molar-refractivity contribution in [2.45, 2.75) is 39.7 Å². The monoisotopic (exact) mass is 294 g/mol. The molecule has 0 saturated carbocycles. The standard InChI is InChI=1S/C14H18N2O5/c1-8-5-9(6-10(17)12(18)19)7-15-11(8)16-13(20)21-14(2,3)4/h5,7H,6H2,1-4H3,(H,18,19)(H,15,16,20). The number of hydrogen-bond acceptors (Lipinski definition) is 5. The molecular formula is C14H18N2O5. The molecule has 0 atom stereocenters. The maximum Gasteiger partial charge on any atom is 0.413 e. The number of hydrogen-bond donors (Lipinski definition) is 2. The molecule has 0 aromatic carbocycles. The fourth-order valence-electron chi connectivity index (χ4n) is 1.52. The number of nitrogens with zero attached hydrogens (tertiary/aromatic N) is 1. The first-order valence-electron chi connectivity index (χ1n) is 6.30. The third-order valence-electron chi connectivity index (χ3n) is 2.36. The zero-order valence-corrected chi connectivity index (χ0v) is 12.4. The Labute approximate surface area is 122 Å². The van der Waals surface area contributed by atoms with Crippen LogP contribution in [0, 0.1) is 6.92 Å². The number of aryl methyl sites for hydroxylation is 1. The van der Waals surface area contributed by atoms with Gasteiger partial charge in [-0.15, -0.1) is 0 Å². The number of amides is 1. The highest BCUT2D eigenvalue weighted by molar-refractivity contribution is 6.33. The first-order chi connectivity index (χ1) is 9.58.